The highest BCUT2D eigenvalue weighted by Crippen LogP contribution is 2.56. The average molecular weight is 323 g/mol. The molecule has 2 aromatic rings. The number of aliphatic hydroxyl groups is 1. The minimum Gasteiger partial charge on any atom is -0.481 e. The van der Waals surface area contributed by atoms with Gasteiger partial charge in [-0.3, -0.25) is 4.79 Å². The summed E-state index contributed by atoms with van der Waals surface area (Å²) in [7, 11) is 0. The van der Waals surface area contributed by atoms with Crippen LogP contribution in [0.15, 0.2) is 48.5 Å². The van der Waals surface area contributed by atoms with E-state index in [1.54, 1.807) is 19.1 Å². The molecule has 2 N–H and O–H groups in total. The van der Waals surface area contributed by atoms with E-state index in [0.717, 1.165) is 12.0 Å². The van der Waals surface area contributed by atoms with Gasteiger partial charge in [-0.25, -0.2) is 0 Å². The highest BCUT2D eigenvalue weighted by molar-refractivity contribution is 5.81. The molecule has 4 nitrogen and oxygen atoms in total. The molecule has 124 valence electrons. The number of hydrogen-bond donors (Lipinski definition) is 2. The summed E-state index contributed by atoms with van der Waals surface area (Å²) in [6.07, 6.45) is 0.495. The number of benzene rings is 2. The van der Waals surface area contributed by atoms with Gasteiger partial charge in [-0.05, 0) is 48.1 Å². The van der Waals surface area contributed by atoms with Gasteiger partial charge < -0.3 is 15.2 Å². The van der Waals surface area contributed by atoms with Crippen LogP contribution < -0.4 is 10.1 Å². The summed E-state index contributed by atoms with van der Waals surface area (Å²) in [5, 5.41) is 12.3. The summed E-state index contributed by atoms with van der Waals surface area (Å²) in [5.74, 6) is 1.53. The van der Waals surface area contributed by atoms with E-state index in [1.165, 1.54) is 11.1 Å². The second kappa shape index (κ2) is 5.95. The van der Waals surface area contributed by atoms with Crippen molar-refractivity contribution in [3.63, 3.8) is 0 Å². The van der Waals surface area contributed by atoms with E-state index >= 15 is 0 Å². The van der Waals surface area contributed by atoms with E-state index in [2.05, 4.69) is 29.6 Å². The van der Waals surface area contributed by atoms with E-state index in [1.807, 2.05) is 12.1 Å². The number of ether oxygens (including phenoxy) is 1. The van der Waals surface area contributed by atoms with Gasteiger partial charge in [0.25, 0.3) is 5.91 Å². The van der Waals surface area contributed by atoms with Crippen LogP contribution in [0.1, 0.15) is 29.5 Å². The first-order valence-corrected chi connectivity index (χ1v) is 8.42. The zero-order chi connectivity index (χ0) is 16.7. The van der Waals surface area contributed by atoms with Crippen LogP contribution in [0.2, 0.25) is 0 Å². The number of carbonyl (C=O) groups excluding carboxylic acids is 1. The maximum Gasteiger partial charge on any atom is 0.261 e. The van der Waals surface area contributed by atoms with Crippen LogP contribution in [-0.2, 0) is 17.8 Å². The third kappa shape index (κ3) is 2.67. The van der Waals surface area contributed by atoms with Gasteiger partial charge in [0, 0.05) is 12.0 Å². The molecule has 4 rings (SSSR count). The lowest BCUT2D eigenvalue weighted by Gasteiger charge is -2.16. The highest BCUT2D eigenvalue weighted by Gasteiger charge is 2.56. The van der Waals surface area contributed by atoms with Gasteiger partial charge in [-0.1, -0.05) is 36.4 Å². The zero-order valence-corrected chi connectivity index (χ0v) is 13.6. The molecule has 0 radical (unpaired) electrons. The number of nitrogens with one attached hydrogen (secondary N) is 1. The molecule has 2 aliphatic carbocycles. The summed E-state index contributed by atoms with van der Waals surface area (Å²) in [6, 6.07) is 15.9. The van der Waals surface area contributed by atoms with Crippen LogP contribution in [0.3, 0.4) is 0 Å². The maximum absolute atomic E-state index is 12.4. The smallest absolute Gasteiger partial charge is 0.261 e. The lowest BCUT2D eigenvalue weighted by atomic mass is 10.1. The normalized spacial score (nSPS) is 24.7. The van der Waals surface area contributed by atoms with Gasteiger partial charge in [0.1, 0.15) is 5.75 Å². The summed E-state index contributed by atoms with van der Waals surface area (Å²) in [6.45, 7) is 1.72. The molecule has 0 heterocycles. The Bertz CT molecular complexity index is 773. The first kappa shape index (κ1) is 15.2. The predicted octanol–water partition coefficient (Wildman–Crippen LogP) is 2.40. The van der Waals surface area contributed by atoms with Gasteiger partial charge in [0.2, 0.25) is 0 Å². The van der Waals surface area contributed by atoms with Crippen molar-refractivity contribution in [2.24, 2.45) is 5.92 Å². The number of amides is 1. The van der Waals surface area contributed by atoms with Crippen molar-refractivity contribution in [1.82, 2.24) is 5.32 Å². The molecule has 2 aromatic carbocycles. The number of hydrogen-bond acceptors (Lipinski definition) is 3. The lowest BCUT2D eigenvalue weighted by Crippen LogP contribution is -2.39. The van der Waals surface area contributed by atoms with Crippen molar-refractivity contribution < 1.29 is 14.6 Å². The molecule has 2 aliphatic rings. The molecular formula is C20H21NO3. The molecule has 1 saturated carbocycles. The van der Waals surface area contributed by atoms with E-state index in [9.17, 15) is 4.79 Å². The van der Waals surface area contributed by atoms with Gasteiger partial charge in [0.05, 0.1) is 6.61 Å². The van der Waals surface area contributed by atoms with Gasteiger partial charge in [-0.2, -0.15) is 0 Å². The van der Waals surface area contributed by atoms with Crippen molar-refractivity contribution in [3.8, 4) is 5.75 Å². The van der Waals surface area contributed by atoms with Crippen molar-refractivity contribution >= 4 is 5.91 Å². The molecule has 1 amide bonds. The van der Waals surface area contributed by atoms with E-state index < -0.39 is 6.10 Å². The summed E-state index contributed by atoms with van der Waals surface area (Å²) >= 11 is 0. The molecule has 1 fully saturated rings. The quantitative estimate of drug-likeness (QED) is 0.888. The van der Waals surface area contributed by atoms with Crippen molar-refractivity contribution in [1.29, 1.82) is 0 Å². The fraction of sp³-hybridized carbons (Fsp3) is 0.350. The summed E-state index contributed by atoms with van der Waals surface area (Å²) < 4.78 is 5.72. The molecule has 24 heavy (non-hydrogen) atoms. The highest BCUT2D eigenvalue weighted by atomic mass is 16.5. The van der Waals surface area contributed by atoms with Crippen LogP contribution in [0, 0.1) is 5.92 Å². The molecule has 0 bridgehead atoms. The molecule has 0 aromatic heterocycles. The topological polar surface area (TPSA) is 58.6 Å². The van der Waals surface area contributed by atoms with Crippen LogP contribution in [-0.4, -0.2) is 23.2 Å². The Balaban J connectivity index is 1.36. The Hall–Kier alpha value is -2.33. The number of fused-ring (bicyclic) bond motifs is 3. The lowest BCUT2D eigenvalue weighted by molar-refractivity contribution is -0.127. The van der Waals surface area contributed by atoms with Crippen molar-refractivity contribution in [2.45, 2.75) is 38.0 Å². The third-order valence-corrected chi connectivity index (χ3v) is 5.11. The number of carbonyl (C=O) groups is 1. The molecule has 0 saturated heterocycles. The molecule has 4 atom stereocenters. The molecule has 4 heteroatoms. The van der Waals surface area contributed by atoms with Crippen molar-refractivity contribution in [2.75, 3.05) is 0 Å². The van der Waals surface area contributed by atoms with E-state index in [4.69, 9.17) is 9.84 Å². The molecular weight excluding hydrogens is 302 g/mol. The van der Waals surface area contributed by atoms with Gasteiger partial charge >= 0.3 is 0 Å². The minimum absolute atomic E-state index is 0.0391. The standard InChI is InChI=1S/C20H21NO3/c1-12(24-15-7-4-5-13(9-15)11-22)20(23)21-19-17-10-14-6-2-3-8-16(14)18(17)19/h2-9,12,17-19,22H,10-11H2,1H3,(H,21,23). The Kier molecular flexibility index (Phi) is 3.77. The molecule has 0 spiro atoms. The predicted molar refractivity (Wildman–Crippen MR) is 90.8 cm³/mol. The Morgan fingerprint density at radius 3 is 2.96 bits per heavy atom. The Labute approximate surface area is 141 Å². The third-order valence-electron chi connectivity index (χ3n) is 5.11. The molecule has 4 unspecified atom stereocenters. The van der Waals surface area contributed by atoms with Crippen LogP contribution in [0.4, 0.5) is 0 Å². The maximum atomic E-state index is 12.4. The average Bonchev–Trinajstić information content (AvgIpc) is 3.11. The summed E-state index contributed by atoms with van der Waals surface area (Å²) in [4.78, 5) is 12.4. The fourth-order valence-corrected chi connectivity index (χ4v) is 3.80. The van der Waals surface area contributed by atoms with E-state index in [0.29, 0.717) is 17.6 Å². The number of rotatable bonds is 5. The van der Waals surface area contributed by atoms with Crippen LogP contribution in [0.25, 0.3) is 0 Å². The monoisotopic (exact) mass is 323 g/mol. The second-order valence-corrected chi connectivity index (χ2v) is 6.69. The zero-order valence-electron chi connectivity index (χ0n) is 13.6. The van der Waals surface area contributed by atoms with Crippen molar-refractivity contribution in [3.05, 3.63) is 65.2 Å². The van der Waals surface area contributed by atoms with Gasteiger partial charge in [0.15, 0.2) is 6.10 Å². The Morgan fingerprint density at radius 1 is 1.29 bits per heavy atom. The summed E-state index contributed by atoms with van der Waals surface area (Å²) in [5.41, 5.74) is 3.58. The van der Waals surface area contributed by atoms with E-state index in [-0.39, 0.29) is 18.6 Å². The fourth-order valence-electron chi connectivity index (χ4n) is 3.80. The molecule has 0 aliphatic heterocycles. The first-order valence-electron chi connectivity index (χ1n) is 8.42. The van der Waals surface area contributed by atoms with Crippen LogP contribution >= 0.6 is 0 Å². The first-order chi connectivity index (χ1) is 11.7. The minimum atomic E-state index is -0.560. The Morgan fingerprint density at radius 2 is 2.12 bits per heavy atom. The van der Waals surface area contributed by atoms with Gasteiger partial charge in [-0.15, -0.1) is 0 Å². The number of aliphatic hydroxyl groups excluding tert-OH is 1. The largest absolute Gasteiger partial charge is 0.481 e. The second-order valence-electron chi connectivity index (χ2n) is 6.69. The SMILES string of the molecule is CC(Oc1cccc(CO)c1)C(=O)NC1C2Cc3ccccc3C21. The van der Waals surface area contributed by atoms with Crippen LogP contribution in [0.5, 0.6) is 5.75 Å².